The standard InChI is InChI=1S/C36H39Cl2N3O4S/c1-25-11-19-31(20-12-25)46(44,45)41(30-18-13-26(2)32(38)22-30)24-34(42)40(23-28-14-16-29(37)17-15-28)33(35(43)39-36(3,4)5)21-27-9-7-6-8-10-27/h6-20,22,33H,21,23-24H2,1-5H3,(H,39,43)/t33-/m1/s1. The van der Waals surface area contributed by atoms with E-state index >= 15 is 0 Å². The van der Waals surface area contributed by atoms with Gasteiger partial charge < -0.3 is 10.2 Å². The molecule has 0 radical (unpaired) electrons. The molecule has 1 atom stereocenters. The Labute approximate surface area is 282 Å². The minimum atomic E-state index is -4.23. The van der Waals surface area contributed by atoms with Crippen molar-refractivity contribution in [3.8, 4) is 0 Å². The lowest BCUT2D eigenvalue weighted by Gasteiger charge is -2.35. The van der Waals surface area contributed by atoms with E-state index in [4.69, 9.17) is 23.2 Å². The van der Waals surface area contributed by atoms with Crippen molar-refractivity contribution < 1.29 is 18.0 Å². The van der Waals surface area contributed by atoms with Gasteiger partial charge in [0.1, 0.15) is 12.6 Å². The second kappa shape index (κ2) is 14.7. The first-order valence-corrected chi connectivity index (χ1v) is 17.1. The van der Waals surface area contributed by atoms with Gasteiger partial charge in [0.05, 0.1) is 10.6 Å². The molecule has 2 amide bonds. The van der Waals surface area contributed by atoms with E-state index in [2.05, 4.69) is 5.32 Å². The second-order valence-corrected chi connectivity index (χ2v) is 15.1. The van der Waals surface area contributed by atoms with Crippen LogP contribution in [-0.2, 0) is 32.6 Å². The zero-order valence-electron chi connectivity index (χ0n) is 26.6. The summed E-state index contributed by atoms with van der Waals surface area (Å²) in [6, 6.07) is 26.7. The van der Waals surface area contributed by atoms with Crippen LogP contribution >= 0.6 is 23.2 Å². The number of anilines is 1. The number of rotatable bonds is 11. The number of halogens is 2. The molecule has 0 unspecified atom stereocenters. The highest BCUT2D eigenvalue weighted by Gasteiger charge is 2.35. The van der Waals surface area contributed by atoms with Gasteiger partial charge in [-0.25, -0.2) is 8.42 Å². The fraction of sp³-hybridized carbons (Fsp3) is 0.278. The molecule has 4 rings (SSSR count). The van der Waals surface area contributed by atoms with Gasteiger partial charge in [-0.1, -0.05) is 89.4 Å². The molecule has 0 bridgehead atoms. The number of aryl methyl sites for hydroxylation is 2. The summed E-state index contributed by atoms with van der Waals surface area (Å²) in [6.07, 6.45) is 0.211. The number of carbonyl (C=O) groups is 2. The molecule has 4 aromatic rings. The number of nitrogens with one attached hydrogen (secondary N) is 1. The molecule has 7 nitrogen and oxygen atoms in total. The van der Waals surface area contributed by atoms with Crippen molar-refractivity contribution in [1.29, 1.82) is 0 Å². The molecule has 242 valence electrons. The average Bonchev–Trinajstić information content (AvgIpc) is 2.99. The highest BCUT2D eigenvalue weighted by molar-refractivity contribution is 7.92. The highest BCUT2D eigenvalue weighted by atomic mass is 35.5. The van der Waals surface area contributed by atoms with Gasteiger partial charge in [0.25, 0.3) is 10.0 Å². The zero-order chi connectivity index (χ0) is 33.6. The van der Waals surface area contributed by atoms with Crippen molar-refractivity contribution in [2.24, 2.45) is 0 Å². The smallest absolute Gasteiger partial charge is 0.264 e. The molecule has 46 heavy (non-hydrogen) atoms. The third kappa shape index (κ3) is 9.12. The Morgan fingerprint density at radius 1 is 0.826 bits per heavy atom. The lowest BCUT2D eigenvalue weighted by Crippen LogP contribution is -2.56. The number of hydrogen-bond donors (Lipinski definition) is 1. The van der Waals surface area contributed by atoms with Crippen LogP contribution in [0.4, 0.5) is 5.69 Å². The van der Waals surface area contributed by atoms with Crippen molar-refractivity contribution in [2.75, 3.05) is 10.8 Å². The van der Waals surface area contributed by atoms with Crippen LogP contribution in [0.1, 0.15) is 43.0 Å². The maximum atomic E-state index is 14.6. The third-order valence-electron chi connectivity index (χ3n) is 7.37. The van der Waals surface area contributed by atoms with Crippen LogP contribution in [0.2, 0.25) is 10.0 Å². The number of amides is 2. The molecule has 0 aliphatic heterocycles. The molecule has 0 saturated carbocycles. The van der Waals surface area contributed by atoms with Gasteiger partial charge in [0, 0.05) is 28.5 Å². The monoisotopic (exact) mass is 679 g/mol. The second-order valence-electron chi connectivity index (χ2n) is 12.4. The third-order valence-corrected chi connectivity index (χ3v) is 9.81. The van der Waals surface area contributed by atoms with Gasteiger partial charge in [0.15, 0.2) is 0 Å². The van der Waals surface area contributed by atoms with Crippen LogP contribution in [0.3, 0.4) is 0 Å². The number of nitrogens with zero attached hydrogens (tertiary/aromatic N) is 2. The molecule has 0 fully saturated rings. The molecular weight excluding hydrogens is 641 g/mol. The van der Waals surface area contributed by atoms with Crippen LogP contribution in [0, 0.1) is 13.8 Å². The summed E-state index contributed by atoms with van der Waals surface area (Å²) >= 11 is 12.6. The van der Waals surface area contributed by atoms with Crippen LogP contribution in [0.5, 0.6) is 0 Å². The summed E-state index contributed by atoms with van der Waals surface area (Å²) in [5.41, 5.74) is 2.87. The quantitative estimate of drug-likeness (QED) is 0.179. The van der Waals surface area contributed by atoms with Gasteiger partial charge in [-0.3, -0.25) is 13.9 Å². The van der Waals surface area contributed by atoms with Crippen molar-refractivity contribution in [1.82, 2.24) is 10.2 Å². The summed E-state index contributed by atoms with van der Waals surface area (Å²) in [6.45, 7) is 8.75. The lowest BCUT2D eigenvalue weighted by atomic mass is 10.0. The predicted octanol–water partition coefficient (Wildman–Crippen LogP) is 7.36. The molecule has 10 heteroatoms. The first-order valence-electron chi connectivity index (χ1n) is 14.9. The maximum absolute atomic E-state index is 14.6. The molecule has 4 aromatic carbocycles. The Kier molecular flexibility index (Phi) is 11.2. The summed E-state index contributed by atoms with van der Waals surface area (Å²) in [4.78, 5) is 30.0. The minimum absolute atomic E-state index is 0.0261. The van der Waals surface area contributed by atoms with E-state index in [0.29, 0.717) is 10.0 Å². The predicted molar refractivity (Wildman–Crippen MR) is 186 cm³/mol. The number of carbonyl (C=O) groups excluding carboxylic acids is 2. The van der Waals surface area contributed by atoms with E-state index in [9.17, 15) is 18.0 Å². The van der Waals surface area contributed by atoms with Crippen LogP contribution in [-0.4, -0.2) is 43.3 Å². The maximum Gasteiger partial charge on any atom is 0.264 e. The highest BCUT2D eigenvalue weighted by Crippen LogP contribution is 2.29. The molecule has 0 saturated heterocycles. The molecule has 0 aromatic heterocycles. The first-order chi connectivity index (χ1) is 21.6. The fourth-order valence-electron chi connectivity index (χ4n) is 4.90. The topological polar surface area (TPSA) is 86.8 Å². The van der Waals surface area contributed by atoms with Crippen molar-refractivity contribution in [3.63, 3.8) is 0 Å². The van der Waals surface area contributed by atoms with E-state index in [1.54, 1.807) is 48.5 Å². The van der Waals surface area contributed by atoms with Gasteiger partial charge >= 0.3 is 0 Å². The van der Waals surface area contributed by atoms with E-state index in [0.717, 1.165) is 26.6 Å². The molecule has 0 aliphatic carbocycles. The first kappa shape index (κ1) is 35.0. The SMILES string of the molecule is Cc1ccc(S(=O)(=O)N(CC(=O)N(Cc2ccc(Cl)cc2)[C@H](Cc2ccccc2)C(=O)NC(C)(C)C)c2ccc(C)c(Cl)c2)cc1. The van der Waals surface area contributed by atoms with Gasteiger partial charge in [0.2, 0.25) is 11.8 Å². The fourth-order valence-corrected chi connectivity index (χ4v) is 6.60. The Hall–Kier alpha value is -3.85. The Morgan fingerprint density at radius 2 is 1.46 bits per heavy atom. The van der Waals surface area contributed by atoms with Crippen LogP contribution in [0.15, 0.2) is 102 Å². The van der Waals surface area contributed by atoms with Gasteiger partial charge in [-0.2, -0.15) is 0 Å². The average molecular weight is 681 g/mol. The summed E-state index contributed by atoms with van der Waals surface area (Å²) in [5, 5.41) is 3.91. The summed E-state index contributed by atoms with van der Waals surface area (Å²) < 4.78 is 29.4. The van der Waals surface area contributed by atoms with Crippen molar-refractivity contribution in [2.45, 2.75) is 64.1 Å². The van der Waals surface area contributed by atoms with E-state index < -0.39 is 34.1 Å². The Morgan fingerprint density at radius 3 is 2.04 bits per heavy atom. The normalized spacial score (nSPS) is 12.3. The summed E-state index contributed by atoms with van der Waals surface area (Å²) in [7, 11) is -4.23. The number of benzene rings is 4. The molecule has 1 N–H and O–H groups in total. The minimum Gasteiger partial charge on any atom is -0.350 e. The van der Waals surface area contributed by atoms with E-state index in [1.807, 2.05) is 65.0 Å². The molecular formula is C36H39Cl2N3O4S. The van der Waals surface area contributed by atoms with Crippen molar-refractivity contribution >= 4 is 50.7 Å². The van der Waals surface area contributed by atoms with Crippen molar-refractivity contribution in [3.05, 3.63) is 129 Å². The Bertz CT molecular complexity index is 1770. The van der Waals surface area contributed by atoms with Crippen LogP contribution in [0.25, 0.3) is 0 Å². The summed E-state index contributed by atoms with van der Waals surface area (Å²) in [5.74, 6) is -0.919. The zero-order valence-corrected chi connectivity index (χ0v) is 29.0. The Balaban J connectivity index is 1.83. The van der Waals surface area contributed by atoms with E-state index in [-0.39, 0.29) is 29.5 Å². The van der Waals surface area contributed by atoms with Gasteiger partial charge in [-0.05, 0) is 87.7 Å². The number of hydrogen-bond acceptors (Lipinski definition) is 4. The molecule has 0 heterocycles. The number of sulfonamides is 1. The van der Waals surface area contributed by atoms with Gasteiger partial charge in [-0.15, -0.1) is 0 Å². The largest absolute Gasteiger partial charge is 0.350 e. The van der Waals surface area contributed by atoms with E-state index in [1.165, 1.54) is 23.1 Å². The lowest BCUT2D eigenvalue weighted by molar-refractivity contribution is -0.140. The molecule has 0 spiro atoms. The molecule has 0 aliphatic rings. The van der Waals surface area contributed by atoms with Crippen LogP contribution < -0.4 is 9.62 Å².